The van der Waals surface area contributed by atoms with E-state index in [1.165, 1.54) is 11.8 Å². The molecule has 3 heterocycles. The Morgan fingerprint density at radius 3 is 2.75 bits per heavy atom. The predicted octanol–water partition coefficient (Wildman–Crippen LogP) is 0.616. The molecule has 0 bridgehead atoms. The molecule has 0 atom stereocenters. The first-order chi connectivity index (χ1) is 11.7. The van der Waals surface area contributed by atoms with E-state index >= 15 is 0 Å². The predicted molar refractivity (Wildman–Crippen MR) is 89.2 cm³/mol. The molecule has 2 aromatic heterocycles. The van der Waals surface area contributed by atoms with Crippen LogP contribution in [-0.4, -0.2) is 52.2 Å². The number of pyridine rings is 1. The molecule has 1 aliphatic carbocycles. The molecule has 24 heavy (non-hydrogen) atoms. The van der Waals surface area contributed by atoms with Crippen LogP contribution >= 0.6 is 0 Å². The lowest BCUT2D eigenvalue weighted by Gasteiger charge is -2.35. The van der Waals surface area contributed by atoms with Crippen molar-refractivity contribution in [2.75, 3.05) is 31.1 Å². The summed E-state index contributed by atoms with van der Waals surface area (Å²) < 4.78 is 0. The second kappa shape index (κ2) is 6.07. The number of carbonyl (C=O) groups excluding carboxylic acids is 1. The van der Waals surface area contributed by atoms with Crippen molar-refractivity contribution in [2.45, 2.75) is 19.3 Å². The lowest BCUT2D eigenvalue weighted by atomic mass is 10.2. The molecular formula is C17H19N5O2. The molecule has 0 saturated carbocycles. The van der Waals surface area contributed by atoms with E-state index in [1.54, 1.807) is 17.0 Å². The zero-order chi connectivity index (χ0) is 16.5. The maximum Gasteiger partial charge on any atom is 0.260 e. The number of anilines is 1. The summed E-state index contributed by atoms with van der Waals surface area (Å²) >= 11 is 0. The van der Waals surface area contributed by atoms with Crippen LogP contribution in [0, 0.1) is 0 Å². The lowest BCUT2D eigenvalue weighted by molar-refractivity contribution is 0.0744. The standard InChI is InChI=1S/C17H19N5O2/c23-16-13(4-2-6-18-16)17(24)22-9-7-21(8-10-22)15-11-12-3-1-5-14(12)19-20-15/h2,4,6,11H,1,3,5,7-10H2,(H,18,23). The molecule has 1 fully saturated rings. The molecule has 1 saturated heterocycles. The SMILES string of the molecule is O=C(c1ccc[nH]c1=O)N1CCN(c2cc3c(nn2)CCC3)CC1. The minimum absolute atomic E-state index is 0.197. The van der Waals surface area contributed by atoms with Gasteiger partial charge in [-0.05, 0) is 43.0 Å². The molecule has 2 aromatic rings. The number of nitrogens with zero attached hydrogens (tertiary/aromatic N) is 4. The topological polar surface area (TPSA) is 82.2 Å². The van der Waals surface area contributed by atoms with Crippen LogP contribution in [0.25, 0.3) is 0 Å². The number of hydrogen-bond acceptors (Lipinski definition) is 5. The summed E-state index contributed by atoms with van der Waals surface area (Å²) in [6, 6.07) is 5.37. The molecule has 0 aromatic carbocycles. The zero-order valence-corrected chi connectivity index (χ0v) is 13.4. The van der Waals surface area contributed by atoms with E-state index < -0.39 is 0 Å². The van der Waals surface area contributed by atoms with Gasteiger partial charge in [0.1, 0.15) is 5.56 Å². The van der Waals surface area contributed by atoms with Crippen molar-refractivity contribution in [3.63, 3.8) is 0 Å². The molecule has 7 nitrogen and oxygen atoms in total. The summed E-state index contributed by atoms with van der Waals surface area (Å²) in [5.74, 6) is 0.678. The molecule has 7 heteroatoms. The Morgan fingerprint density at radius 2 is 1.96 bits per heavy atom. The van der Waals surface area contributed by atoms with Gasteiger partial charge in [0.05, 0.1) is 5.69 Å². The summed E-state index contributed by atoms with van der Waals surface area (Å²) in [6.07, 6.45) is 4.79. The largest absolute Gasteiger partial charge is 0.352 e. The van der Waals surface area contributed by atoms with Crippen molar-refractivity contribution < 1.29 is 4.79 Å². The van der Waals surface area contributed by atoms with Crippen LogP contribution in [0.2, 0.25) is 0 Å². The third kappa shape index (κ3) is 2.66. The van der Waals surface area contributed by atoms with E-state index in [1.807, 2.05) is 0 Å². The smallest absolute Gasteiger partial charge is 0.260 e. The van der Waals surface area contributed by atoms with E-state index in [0.717, 1.165) is 30.8 Å². The van der Waals surface area contributed by atoms with Gasteiger partial charge in [-0.1, -0.05) is 0 Å². The van der Waals surface area contributed by atoms with E-state index in [4.69, 9.17) is 0 Å². The Bertz CT molecular complexity index is 824. The van der Waals surface area contributed by atoms with Gasteiger partial charge in [0.2, 0.25) is 0 Å². The molecule has 2 aliphatic rings. The minimum atomic E-state index is -0.339. The Kier molecular flexibility index (Phi) is 3.76. The van der Waals surface area contributed by atoms with Crippen molar-refractivity contribution in [3.8, 4) is 0 Å². The van der Waals surface area contributed by atoms with Crippen LogP contribution < -0.4 is 10.5 Å². The van der Waals surface area contributed by atoms with Crippen molar-refractivity contribution in [3.05, 3.63) is 51.6 Å². The number of piperazine rings is 1. The number of amides is 1. The Hall–Kier alpha value is -2.70. The Balaban J connectivity index is 1.44. The summed E-state index contributed by atoms with van der Waals surface area (Å²) in [7, 11) is 0. The van der Waals surface area contributed by atoms with Gasteiger partial charge >= 0.3 is 0 Å². The van der Waals surface area contributed by atoms with Crippen molar-refractivity contribution in [2.24, 2.45) is 0 Å². The van der Waals surface area contributed by atoms with E-state index in [0.29, 0.717) is 26.2 Å². The molecule has 0 unspecified atom stereocenters. The van der Waals surface area contributed by atoms with Gasteiger partial charge in [0.25, 0.3) is 11.5 Å². The first-order valence-electron chi connectivity index (χ1n) is 8.30. The Morgan fingerprint density at radius 1 is 1.12 bits per heavy atom. The highest BCUT2D eigenvalue weighted by Crippen LogP contribution is 2.23. The first-order valence-corrected chi connectivity index (χ1v) is 8.30. The second-order valence-electron chi connectivity index (χ2n) is 6.22. The molecule has 4 rings (SSSR count). The van der Waals surface area contributed by atoms with Gasteiger partial charge in [0, 0.05) is 32.4 Å². The summed E-state index contributed by atoms with van der Waals surface area (Å²) in [4.78, 5) is 30.7. The van der Waals surface area contributed by atoms with Gasteiger partial charge < -0.3 is 14.8 Å². The molecular weight excluding hydrogens is 306 g/mol. The van der Waals surface area contributed by atoms with Gasteiger partial charge in [-0.15, -0.1) is 5.10 Å². The molecule has 124 valence electrons. The van der Waals surface area contributed by atoms with Gasteiger partial charge in [0.15, 0.2) is 5.82 Å². The summed E-state index contributed by atoms with van der Waals surface area (Å²) in [5, 5.41) is 8.66. The average molecular weight is 325 g/mol. The molecule has 0 spiro atoms. The van der Waals surface area contributed by atoms with Crippen LogP contribution in [0.3, 0.4) is 0 Å². The number of carbonyl (C=O) groups is 1. The van der Waals surface area contributed by atoms with Crippen LogP contribution in [0.1, 0.15) is 28.0 Å². The van der Waals surface area contributed by atoms with Crippen LogP contribution in [0.5, 0.6) is 0 Å². The fourth-order valence-corrected chi connectivity index (χ4v) is 3.37. The average Bonchev–Trinajstić information content (AvgIpc) is 3.09. The molecule has 1 N–H and O–H groups in total. The van der Waals surface area contributed by atoms with E-state index in [9.17, 15) is 9.59 Å². The van der Waals surface area contributed by atoms with Crippen molar-refractivity contribution in [1.29, 1.82) is 0 Å². The second-order valence-corrected chi connectivity index (χ2v) is 6.22. The number of H-pyrrole nitrogens is 1. The number of aromatic nitrogens is 3. The number of nitrogens with one attached hydrogen (secondary N) is 1. The molecule has 1 amide bonds. The van der Waals surface area contributed by atoms with Crippen molar-refractivity contribution in [1.82, 2.24) is 20.1 Å². The third-order valence-corrected chi connectivity index (χ3v) is 4.75. The zero-order valence-electron chi connectivity index (χ0n) is 13.4. The Labute approximate surface area is 139 Å². The summed E-state index contributed by atoms with van der Waals surface area (Å²) in [6.45, 7) is 2.55. The quantitative estimate of drug-likeness (QED) is 0.875. The third-order valence-electron chi connectivity index (χ3n) is 4.75. The number of aryl methyl sites for hydroxylation is 2. The summed E-state index contributed by atoms with van der Waals surface area (Å²) in [5.41, 5.74) is 2.28. The van der Waals surface area contributed by atoms with Crippen molar-refractivity contribution >= 4 is 11.7 Å². The number of aromatic amines is 1. The van der Waals surface area contributed by atoms with Gasteiger partial charge in [-0.3, -0.25) is 9.59 Å². The maximum absolute atomic E-state index is 12.5. The minimum Gasteiger partial charge on any atom is -0.352 e. The lowest BCUT2D eigenvalue weighted by Crippen LogP contribution is -2.50. The molecule has 1 aliphatic heterocycles. The fourth-order valence-electron chi connectivity index (χ4n) is 3.37. The highest BCUT2D eigenvalue weighted by atomic mass is 16.2. The first kappa shape index (κ1) is 14.9. The normalized spacial score (nSPS) is 17.0. The van der Waals surface area contributed by atoms with Crippen LogP contribution in [0.15, 0.2) is 29.2 Å². The van der Waals surface area contributed by atoms with Gasteiger partial charge in [-0.2, -0.15) is 5.10 Å². The fraction of sp³-hybridized carbons (Fsp3) is 0.412. The monoisotopic (exact) mass is 325 g/mol. The van der Waals surface area contributed by atoms with E-state index in [-0.39, 0.29) is 17.0 Å². The van der Waals surface area contributed by atoms with Crippen LogP contribution in [-0.2, 0) is 12.8 Å². The number of fused-ring (bicyclic) bond motifs is 1. The molecule has 0 radical (unpaired) electrons. The number of rotatable bonds is 2. The van der Waals surface area contributed by atoms with E-state index in [2.05, 4.69) is 26.1 Å². The van der Waals surface area contributed by atoms with Crippen LogP contribution in [0.4, 0.5) is 5.82 Å². The highest BCUT2D eigenvalue weighted by Gasteiger charge is 2.25. The van der Waals surface area contributed by atoms with Gasteiger partial charge in [-0.25, -0.2) is 0 Å². The highest BCUT2D eigenvalue weighted by molar-refractivity contribution is 5.93. The number of hydrogen-bond donors (Lipinski definition) is 1. The maximum atomic E-state index is 12.5.